The second-order valence-corrected chi connectivity index (χ2v) is 6.79. The molecule has 1 aromatic carbocycles. The molecule has 5 rings (SSSR count). The Morgan fingerprint density at radius 2 is 1.96 bits per heavy atom. The first-order valence-electron chi connectivity index (χ1n) is 10.3. The predicted octanol–water partition coefficient (Wildman–Crippen LogP) is 6.01. The zero-order chi connectivity index (χ0) is 19.3. The molecule has 0 saturated heterocycles. The topological polar surface area (TPSA) is 38.9 Å². The highest BCUT2D eigenvalue weighted by Gasteiger charge is 2.18. The van der Waals surface area contributed by atoms with Crippen LogP contribution in [0.5, 0.6) is 0 Å². The number of pyridine rings is 2. The molecule has 3 aromatic heterocycles. The summed E-state index contributed by atoms with van der Waals surface area (Å²) < 4.78 is 28.7. The highest BCUT2D eigenvalue weighted by Crippen LogP contribution is 2.36. The maximum absolute atomic E-state index is 7.57. The average Bonchev–Trinajstić information content (AvgIpc) is 3.34. The van der Waals surface area contributed by atoms with Crippen LogP contribution in [-0.2, 0) is 0 Å². The van der Waals surface area contributed by atoms with Crippen molar-refractivity contribution >= 4 is 22.1 Å². The zero-order valence-electron chi connectivity index (χ0n) is 16.8. The molecule has 1 aliphatic rings. The van der Waals surface area contributed by atoms with Crippen LogP contribution in [0, 0.1) is 6.85 Å². The fraction of sp³-hybridized carbons (Fsp3) is 0.273. The summed E-state index contributed by atoms with van der Waals surface area (Å²) in [4.78, 5) is 8.94. The zero-order valence-corrected chi connectivity index (χ0v) is 13.8. The molecule has 0 bridgehead atoms. The van der Waals surface area contributed by atoms with E-state index in [2.05, 4.69) is 17.1 Å². The summed E-state index contributed by atoms with van der Waals surface area (Å²) in [5.74, 6) is 0.631. The number of rotatable bonds is 2. The summed E-state index contributed by atoms with van der Waals surface area (Å²) in [6.45, 7) is -2.26. The van der Waals surface area contributed by atoms with Crippen LogP contribution >= 0.6 is 0 Å². The number of aryl methyl sites for hydroxylation is 1. The Morgan fingerprint density at radius 3 is 2.76 bits per heavy atom. The highest BCUT2D eigenvalue weighted by molar-refractivity contribution is 6.08. The average molecular weight is 331 g/mol. The van der Waals surface area contributed by atoms with Crippen LogP contribution in [0.4, 0.5) is 0 Å². The highest BCUT2D eigenvalue weighted by atomic mass is 16.3. The standard InChI is InChI=1S/C22H20N2O/c1-14-9-11-18-17-7-4-8-19(21(17)25-22(18)24-14)20-12-10-16(13-23-20)15-5-2-3-6-15/h4,7-13,15H,2-3,5-6H2,1H3/i1D3. The Morgan fingerprint density at radius 1 is 1.04 bits per heavy atom. The summed E-state index contributed by atoms with van der Waals surface area (Å²) in [5.41, 5.74) is 4.13. The van der Waals surface area contributed by atoms with Gasteiger partial charge in [0.15, 0.2) is 0 Å². The number of aromatic nitrogens is 2. The Kier molecular flexibility index (Phi) is 2.69. The van der Waals surface area contributed by atoms with E-state index in [1.54, 1.807) is 12.1 Å². The largest absolute Gasteiger partial charge is 0.437 e. The number of nitrogens with zero attached hydrogens (tertiary/aromatic N) is 2. The van der Waals surface area contributed by atoms with Gasteiger partial charge in [0.25, 0.3) is 0 Å². The quantitative estimate of drug-likeness (QED) is 0.451. The van der Waals surface area contributed by atoms with E-state index in [0.717, 1.165) is 22.0 Å². The Labute approximate surface area is 150 Å². The second-order valence-electron chi connectivity index (χ2n) is 6.79. The molecule has 0 atom stereocenters. The lowest BCUT2D eigenvalue weighted by Crippen LogP contribution is -1.94. The van der Waals surface area contributed by atoms with Gasteiger partial charge in [-0.2, -0.15) is 0 Å². The van der Waals surface area contributed by atoms with E-state index in [4.69, 9.17) is 13.5 Å². The van der Waals surface area contributed by atoms with Crippen LogP contribution in [0.3, 0.4) is 0 Å². The maximum atomic E-state index is 7.57. The van der Waals surface area contributed by atoms with E-state index in [1.807, 2.05) is 24.4 Å². The molecular weight excluding hydrogens is 308 g/mol. The van der Waals surface area contributed by atoms with Gasteiger partial charge < -0.3 is 4.42 Å². The first-order valence-corrected chi connectivity index (χ1v) is 8.80. The third-order valence-electron chi connectivity index (χ3n) is 5.25. The molecule has 0 amide bonds. The predicted molar refractivity (Wildman–Crippen MR) is 101 cm³/mol. The van der Waals surface area contributed by atoms with Crippen LogP contribution in [0.2, 0.25) is 0 Å². The lowest BCUT2D eigenvalue weighted by molar-refractivity contribution is 0.653. The number of benzene rings is 1. The van der Waals surface area contributed by atoms with Crippen molar-refractivity contribution in [1.82, 2.24) is 9.97 Å². The monoisotopic (exact) mass is 331 g/mol. The molecule has 25 heavy (non-hydrogen) atoms. The molecule has 1 fully saturated rings. The molecule has 0 N–H and O–H groups in total. The van der Waals surface area contributed by atoms with E-state index in [9.17, 15) is 0 Å². The molecule has 0 spiro atoms. The number of hydrogen-bond donors (Lipinski definition) is 0. The number of furan rings is 1. The van der Waals surface area contributed by atoms with Crippen molar-refractivity contribution in [1.29, 1.82) is 0 Å². The third-order valence-corrected chi connectivity index (χ3v) is 5.25. The van der Waals surface area contributed by atoms with Crippen molar-refractivity contribution in [2.75, 3.05) is 0 Å². The summed E-state index contributed by atoms with van der Waals surface area (Å²) >= 11 is 0. The summed E-state index contributed by atoms with van der Waals surface area (Å²) in [6.07, 6.45) is 7.08. The molecule has 0 aliphatic heterocycles. The van der Waals surface area contributed by atoms with Crippen LogP contribution in [0.1, 0.15) is 47.0 Å². The first kappa shape index (κ1) is 11.8. The van der Waals surface area contributed by atoms with Crippen molar-refractivity contribution in [2.45, 2.75) is 38.5 Å². The molecule has 3 nitrogen and oxygen atoms in total. The van der Waals surface area contributed by atoms with Crippen molar-refractivity contribution in [2.24, 2.45) is 0 Å². The molecular formula is C22H20N2O. The normalized spacial score (nSPS) is 17.7. The van der Waals surface area contributed by atoms with Crippen LogP contribution < -0.4 is 0 Å². The summed E-state index contributed by atoms with van der Waals surface area (Å²) in [6, 6.07) is 13.5. The van der Waals surface area contributed by atoms with E-state index in [1.165, 1.54) is 31.2 Å². The molecule has 4 aromatic rings. The van der Waals surface area contributed by atoms with Gasteiger partial charge in [-0.25, -0.2) is 4.98 Å². The van der Waals surface area contributed by atoms with Gasteiger partial charge in [-0.3, -0.25) is 4.98 Å². The van der Waals surface area contributed by atoms with Crippen molar-refractivity contribution in [3.05, 3.63) is 59.9 Å². The Bertz CT molecular complexity index is 1160. The van der Waals surface area contributed by atoms with E-state index in [-0.39, 0.29) is 5.69 Å². The van der Waals surface area contributed by atoms with Crippen LogP contribution in [0.25, 0.3) is 33.3 Å². The SMILES string of the molecule is [2H]C([2H])([2H])c1ccc2c(n1)oc1c(-c3ccc(C4CCCC4)cn3)cccc12. The fourth-order valence-corrected chi connectivity index (χ4v) is 3.95. The van der Waals surface area contributed by atoms with E-state index >= 15 is 0 Å². The minimum Gasteiger partial charge on any atom is -0.437 e. The van der Waals surface area contributed by atoms with E-state index in [0.29, 0.717) is 17.2 Å². The minimum atomic E-state index is -2.26. The van der Waals surface area contributed by atoms with E-state index < -0.39 is 6.85 Å². The fourth-order valence-electron chi connectivity index (χ4n) is 3.95. The lowest BCUT2D eigenvalue weighted by atomic mass is 9.98. The summed E-state index contributed by atoms with van der Waals surface area (Å²) in [7, 11) is 0. The molecule has 0 radical (unpaired) electrons. The molecule has 3 heterocycles. The molecule has 1 saturated carbocycles. The summed E-state index contributed by atoms with van der Waals surface area (Å²) in [5, 5.41) is 1.73. The van der Waals surface area contributed by atoms with Gasteiger partial charge in [0.05, 0.1) is 5.69 Å². The molecule has 124 valence electrons. The van der Waals surface area contributed by atoms with Gasteiger partial charge in [-0.1, -0.05) is 31.0 Å². The van der Waals surface area contributed by atoms with Gasteiger partial charge in [-0.15, -0.1) is 0 Å². The van der Waals surface area contributed by atoms with Crippen LogP contribution in [-0.4, -0.2) is 9.97 Å². The Balaban J connectivity index is 1.61. The van der Waals surface area contributed by atoms with Crippen LogP contribution in [0.15, 0.2) is 53.1 Å². The Hall–Kier alpha value is -2.68. The number of fused-ring (bicyclic) bond motifs is 3. The maximum Gasteiger partial charge on any atom is 0.227 e. The van der Waals surface area contributed by atoms with Gasteiger partial charge in [0.1, 0.15) is 5.58 Å². The third kappa shape index (κ3) is 2.42. The van der Waals surface area contributed by atoms with Gasteiger partial charge in [0, 0.05) is 32.3 Å². The first-order chi connectivity index (χ1) is 13.5. The molecule has 0 unspecified atom stereocenters. The van der Waals surface area contributed by atoms with Crippen molar-refractivity contribution < 1.29 is 8.53 Å². The van der Waals surface area contributed by atoms with Gasteiger partial charge in [0.2, 0.25) is 5.71 Å². The number of hydrogen-bond acceptors (Lipinski definition) is 3. The van der Waals surface area contributed by atoms with Gasteiger partial charge in [-0.05, 0) is 55.4 Å². The van der Waals surface area contributed by atoms with Crippen molar-refractivity contribution in [3.63, 3.8) is 0 Å². The molecule has 1 aliphatic carbocycles. The molecule has 3 heteroatoms. The van der Waals surface area contributed by atoms with Gasteiger partial charge >= 0.3 is 0 Å². The van der Waals surface area contributed by atoms with Crippen molar-refractivity contribution in [3.8, 4) is 11.3 Å². The lowest BCUT2D eigenvalue weighted by Gasteiger charge is -2.09. The second kappa shape index (κ2) is 5.69. The smallest absolute Gasteiger partial charge is 0.227 e. The number of para-hydroxylation sites is 1. The minimum absolute atomic E-state index is 0.0413.